The maximum atomic E-state index is 12.0. The van der Waals surface area contributed by atoms with Crippen LogP contribution in [0.5, 0.6) is 5.75 Å². The molecule has 0 fully saturated rings. The molecule has 0 saturated carbocycles. The zero-order valence-electron chi connectivity index (χ0n) is 14.5. The number of carbonyl (C=O) groups is 2. The van der Waals surface area contributed by atoms with Crippen LogP contribution in [0, 0.1) is 6.92 Å². The summed E-state index contributed by atoms with van der Waals surface area (Å²) in [7, 11) is 1.58. The number of hydrogen-bond donors (Lipinski definition) is 2. The largest absolute Gasteiger partial charge is 0.494 e. The molecule has 25 heavy (non-hydrogen) atoms. The second kappa shape index (κ2) is 9.19. The molecule has 2 N–H and O–H groups in total. The van der Waals surface area contributed by atoms with Crippen LogP contribution in [-0.4, -0.2) is 32.1 Å². The summed E-state index contributed by atoms with van der Waals surface area (Å²) in [6.07, 6.45) is -0.277. The Morgan fingerprint density at radius 3 is 2.40 bits per heavy atom. The molecule has 0 radical (unpaired) electrons. The Morgan fingerprint density at radius 1 is 1.12 bits per heavy atom. The molecule has 1 atom stereocenters. The van der Waals surface area contributed by atoms with Crippen molar-refractivity contribution in [1.82, 2.24) is 5.32 Å². The first kappa shape index (κ1) is 19.0. The van der Waals surface area contributed by atoms with Crippen LogP contribution < -0.4 is 15.4 Å². The number of anilines is 1. The molecule has 1 aromatic heterocycles. The zero-order chi connectivity index (χ0) is 18.2. The molecule has 2 rings (SSSR count). The lowest BCUT2D eigenvalue weighted by Gasteiger charge is -2.14. The topological polar surface area (TPSA) is 76.7 Å². The minimum Gasteiger partial charge on any atom is -0.494 e. The number of benzene rings is 1. The number of rotatable bonds is 7. The second-order valence-corrected chi connectivity index (χ2v) is 6.61. The van der Waals surface area contributed by atoms with Crippen molar-refractivity contribution in [2.75, 3.05) is 25.6 Å². The number of aryl methyl sites for hydroxylation is 1. The summed E-state index contributed by atoms with van der Waals surface area (Å²) in [6, 6.07) is 10.8. The molecule has 1 heterocycles. The van der Waals surface area contributed by atoms with Gasteiger partial charge in [0.05, 0.1) is 6.61 Å². The van der Waals surface area contributed by atoms with Crippen LogP contribution >= 0.6 is 11.3 Å². The lowest BCUT2D eigenvalue weighted by atomic mass is 10.2. The van der Waals surface area contributed by atoms with Gasteiger partial charge in [-0.25, -0.2) is 0 Å². The first-order valence-corrected chi connectivity index (χ1v) is 8.76. The summed E-state index contributed by atoms with van der Waals surface area (Å²) < 4.78 is 10.7. The van der Waals surface area contributed by atoms with E-state index in [0.717, 1.165) is 9.75 Å². The molecule has 0 bridgehead atoms. The standard InChI is InChI=1S/C18H22N2O4S/c1-4-24-14-8-6-13(7-9-14)20-18(22)17(21)19-11-15(23-3)16-10-5-12(2)25-16/h5-10,15H,4,11H2,1-3H3,(H,19,21)(H,20,22). The molecule has 2 amide bonds. The van der Waals surface area contributed by atoms with E-state index in [1.165, 1.54) is 0 Å². The van der Waals surface area contributed by atoms with Crippen LogP contribution in [0.25, 0.3) is 0 Å². The van der Waals surface area contributed by atoms with E-state index < -0.39 is 11.8 Å². The molecule has 0 aliphatic carbocycles. The Balaban J connectivity index is 1.86. The van der Waals surface area contributed by atoms with Crippen molar-refractivity contribution in [3.63, 3.8) is 0 Å². The predicted molar refractivity (Wildman–Crippen MR) is 98.1 cm³/mol. The normalized spacial score (nSPS) is 11.6. The van der Waals surface area contributed by atoms with Crippen molar-refractivity contribution in [3.8, 4) is 5.75 Å². The first-order valence-electron chi connectivity index (χ1n) is 7.94. The molecular weight excluding hydrogens is 340 g/mol. The van der Waals surface area contributed by atoms with Gasteiger partial charge in [-0.05, 0) is 50.2 Å². The fourth-order valence-corrected chi connectivity index (χ4v) is 3.14. The molecule has 7 heteroatoms. The van der Waals surface area contributed by atoms with Gasteiger partial charge in [-0.15, -0.1) is 11.3 Å². The summed E-state index contributed by atoms with van der Waals surface area (Å²) in [5.74, 6) is -0.718. The van der Waals surface area contributed by atoms with Crippen LogP contribution in [0.2, 0.25) is 0 Å². The number of carbonyl (C=O) groups excluding carboxylic acids is 2. The maximum absolute atomic E-state index is 12.0. The first-order chi connectivity index (χ1) is 12.0. The lowest BCUT2D eigenvalue weighted by molar-refractivity contribution is -0.136. The minimum atomic E-state index is -0.721. The van der Waals surface area contributed by atoms with Gasteiger partial charge in [0.2, 0.25) is 0 Å². The molecule has 2 aromatic rings. The monoisotopic (exact) mass is 362 g/mol. The van der Waals surface area contributed by atoms with E-state index in [0.29, 0.717) is 18.0 Å². The van der Waals surface area contributed by atoms with Crippen LogP contribution in [0.3, 0.4) is 0 Å². The van der Waals surface area contributed by atoms with Gasteiger partial charge in [0.15, 0.2) is 0 Å². The van der Waals surface area contributed by atoms with Crippen LogP contribution in [0.4, 0.5) is 5.69 Å². The van der Waals surface area contributed by atoms with Gasteiger partial charge in [0.25, 0.3) is 0 Å². The van der Waals surface area contributed by atoms with Crippen molar-refractivity contribution >= 4 is 28.8 Å². The van der Waals surface area contributed by atoms with E-state index in [2.05, 4.69) is 10.6 Å². The fourth-order valence-electron chi connectivity index (χ4n) is 2.18. The molecule has 6 nitrogen and oxygen atoms in total. The van der Waals surface area contributed by atoms with Gasteiger partial charge < -0.3 is 20.1 Å². The SMILES string of the molecule is CCOc1ccc(NC(=O)C(=O)NCC(OC)c2ccc(C)s2)cc1. The number of methoxy groups -OCH3 is 1. The van der Waals surface area contributed by atoms with E-state index >= 15 is 0 Å². The van der Waals surface area contributed by atoms with Gasteiger partial charge in [-0.3, -0.25) is 9.59 Å². The number of nitrogens with one attached hydrogen (secondary N) is 2. The molecule has 0 aliphatic heterocycles. The maximum Gasteiger partial charge on any atom is 0.313 e. The predicted octanol–water partition coefficient (Wildman–Crippen LogP) is 2.90. The van der Waals surface area contributed by atoms with Crippen LogP contribution in [-0.2, 0) is 14.3 Å². The summed E-state index contributed by atoms with van der Waals surface area (Å²) >= 11 is 1.60. The summed E-state index contributed by atoms with van der Waals surface area (Å²) in [5.41, 5.74) is 0.528. The third kappa shape index (κ3) is 5.58. The van der Waals surface area contributed by atoms with Gasteiger partial charge in [0.1, 0.15) is 11.9 Å². The Morgan fingerprint density at radius 2 is 1.84 bits per heavy atom. The van der Waals surface area contributed by atoms with Crippen LogP contribution in [0.15, 0.2) is 36.4 Å². The van der Waals surface area contributed by atoms with Crippen molar-refractivity contribution in [2.45, 2.75) is 20.0 Å². The number of hydrogen-bond acceptors (Lipinski definition) is 5. The Kier molecular flexibility index (Phi) is 6.97. The highest BCUT2D eigenvalue weighted by atomic mass is 32.1. The average molecular weight is 362 g/mol. The zero-order valence-corrected chi connectivity index (χ0v) is 15.3. The quantitative estimate of drug-likeness (QED) is 0.743. The average Bonchev–Trinajstić information content (AvgIpc) is 3.03. The Labute approximate surface area is 151 Å². The van der Waals surface area contributed by atoms with Crippen molar-refractivity contribution in [1.29, 1.82) is 0 Å². The third-order valence-electron chi connectivity index (χ3n) is 3.44. The van der Waals surface area contributed by atoms with Crippen molar-refractivity contribution in [2.24, 2.45) is 0 Å². The molecule has 134 valence electrons. The van der Waals surface area contributed by atoms with Gasteiger partial charge in [-0.1, -0.05) is 0 Å². The third-order valence-corrected chi connectivity index (χ3v) is 4.53. The van der Waals surface area contributed by atoms with Gasteiger partial charge >= 0.3 is 11.8 Å². The van der Waals surface area contributed by atoms with Crippen LogP contribution in [0.1, 0.15) is 22.8 Å². The molecule has 1 aromatic carbocycles. The van der Waals surface area contributed by atoms with E-state index in [1.807, 2.05) is 26.0 Å². The van der Waals surface area contributed by atoms with E-state index in [9.17, 15) is 9.59 Å². The van der Waals surface area contributed by atoms with Crippen molar-refractivity contribution in [3.05, 3.63) is 46.2 Å². The summed E-state index contributed by atoms with van der Waals surface area (Å²) in [4.78, 5) is 26.1. The lowest BCUT2D eigenvalue weighted by Crippen LogP contribution is -2.37. The summed E-state index contributed by atoms with van der Waals surface area (Å²) in [5, 5.41) is 5.15. The molecular formula is C18H22N2O4S. The molecule has 0 aliphatic rings. The summed E-state index contributed by atoms with van der Waals surface area (Å²) in [6.45, 7) is 4.69. The second-order valence-electron chi connectivity index (χ2n) is 5.29. The van der Waals surface area contributed by atoms with Crippen molar-refractivity contribution < 1.29 is 19.1 Å². The highest BCUT2D eigenvalue weighted by molar-refractivity contribution is 7.12. The molecule has 1 unspecified atom stereocenters. The Bertz CT molecular complexity index is 712. The Hall–Kier alpha value is -2.38. The molecule has 0 saturated heterocycles. The highest BCUT2D eigenvalue weighted by Gasteiger charge is 2.18. The number of amides is 2. The number of thiophene rings is 1. The van der Waals surface area contributed by atoms with Gasteiger partial charge in [0, 0.05) is 29.1 Å². The fraction of sp³-hybridized carbons (Fsp3) is 0.333. The minimum absolute atomic E-state index is 0.228. The van der Waals surface area contributed by atoms with E-state index in [-0.39, 0.29) is 12.6 Å². The van der Waals surface area contributed by atoms with E-state index in [1.54, 1.807) is 42.7 Å². The van der Waals surface area contributed by atoms with E-state index in [4.69, 9.17) is 9.47 Å². The number of ether oxygens (including phenoxy) is 2. The molecule has 0 spiro atoms. The smallest absolute Gasteiger partial charge is 0.313 e. The van der Waals surface area contributed by atoms with Gasteiger partial charge in [-0.2, -0.15) is 0 Å². The highest BCUT2D eigenvalue weighted by Crippen LogP contribution is 2.24.